The van der Waals surface area contributed by atoms with Crippen LogP contribution in [0.15, 0.2) is 39.9 Å². The molecule has 23 heavy (non-hydrogen) atoms. The number of nitrogens with zero attached hydrogens (tertiary/aromatic N) is 3. The van der Waals surface area contributed by atoms with Crippen LogP contribution in [0.3, 0.4) is 0 Å². The van der Waals surface area contributed by atoms with Crippen LogP contribution in [-0.2, 0) is 17.9 Å². The predicted molar refractivity (Wildman–Crippen MR) is 84.1 cm³/mol. The molecule has 0 bridgehead atoms. The molecule has 0 aliphatic carbocycles. The average Bonchev–Trinajstić information content (AvgIpc) is 2.91. The number of hydrogen-bond donors (Lipinski definition) is 1. The maximum atomic E-state index is 12.3. The summed E-state index contributed by atoms with van der Waals surface area (Å²) in [5, 5.41) is 7.36. The Morgan fingerprint density at radius 1 is 1.35 bits per heavy atom. The van der Waals surface area contributed by atoms with Crippen molar-refractivity contribution >= 4 is 28.6 Å². The first kappa shape index (κ1) is 15.2. The van der Waals surface area contributed by atoms with Crippen molar-refractivity contribution in [3.05, 3.63) is 57.2 Å². The summed E-state index contributed by atoms with van der Waals surface area (Å²) < 4.78 is 6.14. The van der Waals surface area contributed by atoms with Gasteiger partial charge in [-0.05, 0) is 24.6 Å². The molecule has 1 N–H and O–H groups in total. The van der Waals surface area contributed by atoms with Crippen molar-refractivity contribution in [1.82, 2.24) is 20.0 Å². The quantitative estimate of drug-likeness (QED) is 0.784. The number of carbonyl (C=O) groups excluding carboxylic acids is 1. The molecule has 1 amide bonds. The van der Waals surface area contributed by atoms with E-state index in [-0.39, 0.29) is 29.1 Å². The topological polar surface area (TPSA) is 90.0 Å². The summed E-state index contributed by atoms with van der Waals surface area (Å²) >= 11 is 5.81. The van der Waals surface area contributed by atoms with Crippen LogP contribution in [0.4, 0.5) is 0 Å². The monoisotopic (exact) mass is 332 g/mol. The Labute approximate surface area is 135 Å². The molecule has 0 spiro atoms. The standard InChI is InChI=1S/C15H13ClN4O3/c1-9-13-14(23-19-9)18-8-20(15(13)22)7-12(21)17-6-10-2-4-11(16)5-3-10/h2-5,8H,6-7H2,1H3,(H,17,21). The molecule has 0 saturated carbocycles. The molecule has 2 heterocycles. The molecule has 3 aromatic rings. The zero-order valence-electron chi connectivity index (χ0n) is 12.2. The lowest BCUT2D eigenvalue weighted by Crippen LogP contribution is -2.32. The number of nitrogens with one attached hydrogen (secondary N) is 1. The second-order valence-corrected chi connectivity index (χ2v) is 5.47. The fraction of sp³-hybridized carbons (Fsp3) is 0.200. The van der Waals surface area contributed by atoms with Crippen molar-refractivity contribution in [2.45, 2.75) is 20.0 Å². The number of amides is 1. The fourth-order valence-electron chi connectivity index (χ4n) is 2.14. The normalized spacial score (nSPS) is 10.9. The van der Waals surface area contributed by atoms with Gasteiger partial charge in [0.25, 0.3) is 11.3 Å². The molecule has 2 aromatic heterocycles. The number of halogens is 1. The number of fused-ring (bicyclic) bond motifs is 1. The van der Waals surface area contributed by atoms with Crippen molar-refractivity contribution < 1.29 is 9.32 Å². The minimum Gasteiger partial charge on any atom is -0.350 e. The van der Waals surface area contributed by atoms with Crippen LogP contribution in [0.1, 0.15) is 11.3 Å². The van der Waals surface area contributed by atoms with Crippen molar-refractivity contribution in [3.8, 4) is 0 Å². The van der Waals surface area contributed by atoms with Gasteiger partial charge in [-0.25, -0.2) is 4.98 Å². The van der Waals surface area contributed by atoms with Gasteiger partial charge >= 0.3 is 0 Å². The lowest BCUT2D eigenvalue weighted by Gasteiger charge is -2.07. The molecule has 0 unspecified atom stereocenters. The molecule has 8 heteroatoms. The van der Waals surface area contributed by atoms with Crippen LogP contribution in [0.2, 0.25) is 5.02 Å². The maximum Gasteiger partial charge on any atom is 0.267 e. The van der Waals surface area contributed by atoms with E-state index in [9.17, 15) is 9.59 Å². The highest BCUT2D eigenvalue weighted by Crippen LogP contribution is 2.10. The Bertz CT molecular complexity index is 915. The Morgan fingerprint density at radius 2 is 2.09 bits per heavy atom. The van der Waals surface area contributed by atoms with Gasteiger partial charge in [-0.3, -0.25) is 14.2 Å². The number of aryl methyl sites for hydroxylation is 1. The molecule has 0 atom stereocenters. The van der Waals surface area contributed by atoms with E-state index in [4.69, 9.17) is 16.1 Å². The molecule has 7 nitrogen and oxygen atoms in total. The Kier molecular flexibility index (Phi) is 4.12. The van der Waals surface area contributed by atoms with Gasteiger partial charge in [-0.2, -0.15) is 0 Å². The van der Waals surface area contributed by atoms with Crippen molar-refractivity contribution in [2.24, 2.45) is 0 Å². The second kappa shape index (κ2) is 6.21. The third-order valence-corrected chi connectivity index (χ3v) is 3.60. The maximum absolute atomic E-state index is 12.3. The molecule has 0 saturated heterocycles. The second-order valence-electron chi connectivity index (χ2n) is 5.03. The van der Waals surface area contributed by atoms with Crippen LogP contribution in [0.25, 0.3) is 11.1 Å². The van der Waals surface area contributed by atoms with E-state index in [0.29, 0.717) is 17.3 Å². The van der Waals surface area contributed by atoms with Crippen molar-refractivity contribution in [3.63, 3.8) is 0 Å². The molecule has 3 rings (SSSR count). The van der Waals surface area contributed by atoms with Crippen molar-refractivity contribution in [1.29, 1.82) is 0 Å². The molecular formula is C15H13ClN4O3. The van der Waals surface area contributed by atoms with Gasteiger partial charge in [0, 0.05) is 11.6 Å². The van der Waals surface area contributed by atoms with Gasteiger partial charge in [-0.1, -0.05) is 28.9 Å². The van der Waals surface area contributed by atoms with E-state index >= 15 is 0 Å². The largest absolute Gasteiger partial charge is 0.350 e. The number of hydrogen-bond acceptors (Lipinski definition) is 5. The van der Waals surface area contributed by atoms with E-state index in [1.54, 1.807) is 19.1 Å². The van der Waals surface area contributed by atoms with E-state index < -0.39 is 0 Å². The van der Waals surface area contributed by atoms with Crippen LogP contribution >= 0.6 is 11.6 Å². The molecule has 0 fully saturated rings. The summed E-state index contributed by atoms with van der Waals surface area (Å²) in [6, 6.07) is 7.14. The van der Waals surface area contributed by atoms with Gasteiger partial charge in [0.1, 0.15) is 18.3 Å². The zero-order valence-corrected chi connectivity index (χ0v) is 13.0. The minimum absolute atomic E-state index is 0.125. The number of aromatic nitrogens is 3. The Hall–Kier alpha value is -2.67. The SMILES string of the molecule is Cc1noc2ncn(CC(=O)NCc3ccc(Cl)cc3)c(=O)c12. The van der Waals surface area contributed by atoms with Gasteiger partial charge in [0.2, 0.25) is 5.91 Å². The summed E-state index contributed by atoms with van der Waals surface area (Å²) in [6.45, 7) is 1.88. The highest BCUT2D eigenvalue weighted by Gasteiger charge is 2.13. The number of rotatable bonds is 4. The summed E-state index contributed by atoms with van der Waals surface area (Å²) in [6.07, 6.45) is 1.27. The first-order valence-electron chi connectivity index (χ1n) is 6.87. The Balaban J connectivity index is 1.70. The number of benzene rings is 1. The lowest BCUT2D eigenvalue weighted by molar-refractivity contribution is -0.121. The van der Waals surface area contributed by atoms with E-state index in [1.165, 1.54) is 10.9 Å². The van der Waals surface area contributed by atoms with Gasteiger partial charge < -0.3 is 9.84 Å². The van der Waals surface area contributed by atoms with E-state index in [0.717, 1.165) is 5.56 Å². The molecule has 118 valence electrons. The third-order valence-electron chi connectivity index (χ3n) is 3.35. The van der Waals surface area contributed by atoms with Crippen LogP contribution in [-0.4, -0.2) is 20.6 Å². The minimum atomic E-state index is -0.351. The molecule has 0 aliphatic rings. The Morgan fingerprint density at radius 3 is 2.83 bits per heavy atom. The first-order valence-corrected chi connectivity index (χ1v) is 7.25. The van der Waals surface area contributed by atoms with E-state index in [2.05, 4.69) is 15.5 Å². The third kappa shape index (κ3) is 3.24. The summed E-state index contributed by atoms with van der Waals surface area (Å²) in [5.41, 5.74) is 1.19. The van der Waals surface area contributed by atoms with Crippen LogP contribution in [0, 0.1) is 6.92 Å². The van der Waals surface area contributed by atoms with Crippen LogP contribution in [0.5, 0.6) is 0 Å². The first-order chi connectivity index (χ1) is 11.0. The number of carbonyl (C=O) groups is 1. The average molecular weight is 333 g/mol. The summed E-state index contributed by atoms with van der Waals surface area (Å²) in [5.74, 6) is -0.294. The highest BCUT2D eigenvalue weighted by atomic mass is 35.5. The summed E-state index contributed by atoms with van der Waals surface area (Å²) in [4.78, 5) is 28.3. The van der Waals surface area contributed by atoms with Crippen LogP contribution < -0.4 is 10.9 Å². The zero-order chi connectivity index (χ0) is 16.4. The fourth-order valence-corrected chi connectivity index (χ4v) is 2.26. The van der Waals surface area contributed by atoms with Gasteiger partial charge in [0.15, 0.2) is 0 Å². The molecule has 0 aliphatic heterocycles. The van der Waals surface area contributed by atoms with Gasteiger partial charge in [0.05, 0.1) is 5.69 Å². The molecule has 1 aromatic carbocycles. The molecular weight excluding hydrogens is 320 g/mol. The summed E-state index contributed by atoms with van der Waals surface area (Å²) in [7, 11) is 0. The van der Waals surface area contributed by atoms with Crippen molar-refractivity contribution in [2.75, 3.05) is 0 Å². The molecule has 0 radical (unpaired) electrons. The van der Waals surface area contributed by atoms with E-state index in [1.807, 2.05) is 12.1 Å². The lowest BCUT2D eigenvalue weighted by atomic mass is 10.2. The highest BCUT2D eigenvalue weighted by molar-refractivity contribution is 6.30. The predicted octanol–water partition coefficient (Wildman–Crippen LogP) is 1.66. The van der Waals surface area contributed by atoms with Gasteiger partial charge in [-0.15, -0.1) is 0 Å². The smallest absolute Gasteiger partial charge is 0.267 e.